The fourth-order valence-electron chi connectivity index (χ4n) is 12.0. The molecule has 0 aromatic heterocycles. The zero-order valence-corrected chi connectivity index (χ0v) is 34.4. The van der Waals surface area contributed by atoms with E-state index >= 15 is 0 Å². The summed E-state index contributed by atoms with van der Waals surface area (Å²) in [6.07, 6.45) is 0. The lowest BCUT2D eigenvalue weighted by molar-refractivity contribution is 0.809. The fourth-order valence-corrected chi connectivity index (χ4v) is 12.0. The van der Waals surface area contributed by atoms with Gasteiger partial charge in [-0.25, -0.2) is 0 Å². The van der Waals surface area contributed by atoms with Gasteiger partial charge in [0, 0.05) is 0 Å². The lowest BCUT2D eigenvalue weighted by atomic mass is 9.68. The van der Waals surface area contributed by atoms with Crippen LogP contribution < -0.4 is 0 Å². The highest BCUT2D eigenvalue weighted by Crippen LogP contribution is 2.65. The van der Waals surface area contributed by atoms with E-state index in [1.165, 1.54) is 132 Å². The number of fused-ring (bicyclic) bond motifs is 17. The highest BCUT2D eigenvalue weighted by Gasteiger charge is 2.53. The molecule has 290 valence electrons. The molecule has 14 rings (SSSR count). The van der Waals surface area contributed by atoms with E-state index in [1.54, 1.807) is 0 Å². The molecular formula is C63H38. The summed E-state index contributed by atoms with van der Waals surface area (Å²) in [5.41, 5.74) is 17.9. The highest BCUT2D eigenvalue weighted by atomic mass is 14.5. The Balaban J connectivity index is 1.02. The molecule has 0 radical (unpaired) electrons. The molecule has 2 aliphatic carbocycles. The van der Waals surface area contributed by atoms with Gasteiger partial charge >= 0.3 is 0 Å². The van der Waals surface area contributed by atoms with Crippen LogP contribution in [-0.2, 0) is 5.41 Å². The molecule has 2 aliphatic rings. The summed E-state index contributed by atoms with van der Waals surface area (Å²) in [5.74, 6) is 0. The molecule has 12 aromatic rings. The van der Waals surface area contributed by atoms with Crippen LogP contribution in [0.15, 0.2) is 231 Å². The van der Waals surface area contributed by atoms with Crippen LogP contribution in [0.5, 0.6) is 0 Å². The second-order valence-electron chi connectivity index (χ2n) is 17.4. The van der Waals surface area contributed by atoms with E-state index in [1.807, 2.05) is 0 Å². The predicted molar refractivity (Wildman–Crippen MR) is 267 cm³/mol. The molecule has 0 bridgehead atoms. The van der Waals surface area contributed by atoms with Crippen molar-refractivity contribution in [3.63, 3.8) is 0 Å². The molecule has 0 N–H and O–H groups in total. The van der Waals surface area contributed by atoms with Crippen LogP contribution in [0.3, 0.4) is 0 Å². The van der Waals surface area contributed by atoms with Crippen molar-refractivity contribution in [2.75, 3.05) is 0 Å². The summed E-state index contributed by atoms with van der Waals surface area (Å²) in [6, 6.07) is 86.6. The Bertz CT molecular complexity index is 3810. The van der Waals surface area contributed by atoms with Crippen LogP contribution >= 0.6 is 0 Å². The standard InChI is InChI=1S/C63H38/c1-3-20-45-39(15-1)17-14-28-46(45)41-18-13-19-43(37-41)59-51-24-5-7-26-53(51)60(54-27-8-6-25-52(54)59)44-33-34-48-42(38-44)32-36-56-55-35-31-40-16-2-4-21-47(40)61(55)63(62(48)56)57-29-11-9-22-49(57)50-23-10-12-30-58(50)63/h1-38H. The van der Waals surface area contributed by atoms with E-state index in [2.05, 4.69) is 231 Å². The smallest absolute Gasteiger partial charge is 0.0619 e. The maximum Gasteiger partial charge on any atom is 0.0737 e. The highest BCUT2D eigenvalue weighted by molar-refractivity contribution is 6.22. The van der Waals surface area contributed by atoms with Gasteiger partial charge in [0.15, 0.2) is 0 Å². The maximum atomic E-state index is 2.46. The molecular weight excluding hydrogens is 757 g/mol. The lowest BCUT2D eigenvalue weighted by Crippen LogP contribution is -2.26. The van der Waals surface area contributed by atoms with Gasteiger partial charge in [0.2, 0.25) is 0 Å². The van der Waals surface area contributed by atoms with Crippen LogP contribution in [-0.4, -0.2) is 0 Å². The molecule has 0 heterocycles. The van der Waals surface area contributed by atoms with Gasteiger partial charge in [-0.3, -0.25) is 0 Å². The average molecular weight is 795 g/mol. The first-order chi connectivity index (χ1) is 31.3. The van der Waals surface area contributed by atoms with Gasteiger partial charge in [-0.1, -0.05) is 218 Å². The Morgan fingerprint density at radius 3 is 1.29 bits per heavy atom. The van der Waals surface area contributed by atoms with E-state index in [4.69, 9.17) is 0 Å². The third kappa shape index (κ3) is 4.65. The minimum absolute atomic E-state index is 0.457. The largest absolute Gasteiger partial charge is 0.0737 e. The maximum absolute atomic E-state index is 2.46. The van der Waals surface area contributed by atoms with Gasteiger partial charge in [0.25, 0.3) is 0 Å². The van der Waals surface area contributed by atoms with Crippen molar-refractivity contribution in [2.24, 2.45) is 0 Å². The predicted octanol–water partition coefficient (Wildman–Crippen LogP) is 16.8. The second kappa shape index (κ2) is 13.0. The van der Waals surface area contributed by atoms with Crippen LogP contribution in [0.25, 0.3) is 109 Å². The fraction of sp³-hybridized carbons (Fsp3) is 0.0159. The zero-order valence-electron chi connectivity index (χ0n) is 34.4. The first kappa shape index (κ1) is 34.6. The van der Waals surface area contributed by atoms with E-state index in [0.29, 0.717) is 0 Å². The van der Waals surface area contributed by atoms with Gasteiger partial charge in [-0.15, -0.1) is 0 Å². The van der Waals surface area contributed by atoms with Crippen molar-refractivity contribution in [3.8, 4) is 55.6 Å². The molecule has 63 heavy (non-hydrogen) atoms. The second-order valence-corrected chi connectivity index (χ2v) is 17.4. The molecule has 1 spiro atoms. The Hall–Kier alpha value is -8.06. The number of hydrogen-bond donors (Lipinski definition) is 0. The lowest BCUT2D eigenvalue weighted by Gasteiger charge is -2.32. The van der Waals surface area contributed by atoms with Crippen molar-refractivity contribution < 1.29 is 0 Å². The first-order valence-corrected chi connectivity index (χ1v) is 22.1. The van der Waals surface area contributed by atoms with Gasteiger partial charge in [-0.2, -0.15) is 0 Å². The molecule has 0 heteroatoms. The van der Waals surface area contributed by atoms with E-state index in [-0.39, 0.29) is 0 Å². The minimum atomic E-state index is -0.457. The van der Waals surface area contributed by atoms with E-state index in [0.717, 1.165) is 0 Å². The third-order valence-electron chi connectivity index (χ3n) is 14.4. The monoisotopic (exact) mass is 794 g/mol. The molecule has 0 nitrogen and oxygen atoms in total. The third-order valence-corrected chi connectivity index (χ3v) is 14.4. The SMILES string of the molecule is c1cc(-c2cccc3ccccc23)cc(-c2c3ccccc3c(-c3ccc4c5c(ccc4c3)-c3ccc4ccccc4c3C53c4ccccc4-c4ccccc43)c3ccccc23)c1. The topological polar surface area (TPSA) is 0 Å². The zero-order chi connectivity index (χ0) is 41.2. The van der Waals surface area contributed by atoms with Crippen LogP contribution in [0.4, 0.5) is 0 Å². The summed E-state index contributed by atoms with van der Waals surface area (Å²) in [4.78, 5) is 0. The molecule has 12 aromatic carbocycles. The van der Waals surface area contributed by atoms with Gasteiger partial charge < -0.3 is 0 Å². The van der Waals surface area contributed by atoms with Crippen LogP contribution in [0.1, 0.15) is 22.3 Å². The molecule has 0 unspecified atom stereocenters. The Morgan fingerprint density at radius 2 is 0.651 bits per heavy atom. The molecule has 0 amide bonds. The van der Waals surface area contributed by atoms with E-state index < -0.39 is 5.41 Å². The average Bonchev–Trinajstić information content (AvgIpc) is 3.83. The van der Waals surface area contributed by atoms with Crippen molar-refractivity contribution in [1.82, 2.24) is 0 Å². The number of rotatable bonds is 3. The summed E-state index contributed by atoms with van der Waals surface area (Å²) < 4.78 is 0. The van der Waals surface area contributed by atoms with Gasteiger partial charge in [0.05, 0.1) is 5.41 Å². The van der Waals surface area contributed by atoms with Crippen molar-refractivity contribution in [3.05, 3.63) is 253 Å². The number of benzene rings is 12. The van der Waals surface area contributed by atoms with Gasteiger partial charge in [-0.05, 0) is 144 Å². The van der Waals surface area contributed by atoms with Crippen molar-refractivity contribution >= 4 is 53.9 Å². The quantitative estimate of drug-likeness (QED) is 0.156. The summed E-state index contributed by atoms with van der Waals surface area (Å²) >= 11 is 0. The van der Waals surface area contributed by atoms with Gasteiger partial charge in [0.1, 0.15) is 0 Å². The molecule has 0 aliphatic heterocycles. The molecule has 0 atom stereocenters. The first-order valence-electron chi connectivity index (χ1n) is 22.1. The Labute approximate surface area is 366 Å². The summed E-state index contributed by atoms with van der Waals surface area (Å²) in [6.45, 7) is 0. The molecule has 0 fully saturated rings. The normalized spacial score (nSPS) is 13.2. The summed E-state index contributed by atoms with van der Waals surface area (Å²) in [7, 11) is 0. The Morgan fingerprint density at radius 1 is 0.222 bits per heavy atom. The minimum Gasteiger partial charge on any atom is -0.0619 e. The number of hydrogen-bond acceptors (Lipinski definition) is 0. The van der Waals surface area contributed by atoms with Crippen LogP contribution in [0.2, 0.25) is 0 Å². The van der Waals surface area contributed by atoms with Crippen molar-refractivity contribution in [1.29, 1.82) is 0 Å². The molecule has 0 saturated heterocycles. The van der Waals surface area contributed by atoms with Crippen LogP contribution in [0, 0.1) is 0 Å². The van der Waals surface area contributed by atoms with E-state index in [9.17, 15) is 0 Å². The van der Waals surface area contributed by atoms with Crippen molar-refractivity contribution in [2.45, 2.75) is 5.41 Å². The Kier molecular flexibility index (Phi) is 7.13. The summed E-state index contributed by atoms with van der Waals surface area (Å²) in [5, 5.41) is 12.7. The molecule has 0 saturated carbocycles.